The van der Waals surface area contributed by atoms with E-state index in [2.05, 4.69) is 76.0 Å². The average Bonchev–Trinajstić information content (AvgIpc) is 3.38. The van der Waals surface area contributed by atoms with Crippen LogP contribution in [0, 0.1) is 5.92 Å². The lowest BCUT2D eigenvalue weighted by molar-refractivity contribution is 0.184. The highest BCUT2D eigenvalue weighted by molar-refractivity contribution is 7.19. The van der Waals surface area contributed by atoms with Gasteiger partial charge < -0.3 is 15.7 Å². The maximum absolute atomic E-state index is 10.6. The summed E-state index contributed by atoms with van der Waals surface area (Å²) in [7, 11) is 1.78. The van der Waals surface area contributed by atoms with E-state index in [0.29, 0.717) is 18.5 Å². The second-order valence-electron chi connectivity index (χ2n) is 8.40. The molecule has 1 aromatic heterocycles. The zero-order chi connectivity index (χ0) is 21.6. The van der Waals surface area contributed by atoms with Crippen molar-refractivity contribution in [2.24, 2.45) is 10.9 Å². The number of nitrogens with zero attached hydrogens (tertiary/aromatic N) is 2. The van der Waals surface area contributed by atoms with Crippen LogP contribution in [0.1, 0.15) is 29.9 Å². The number of nitrogens with one attached hydrogen (secondary N) is 2. The van der Waals surface area contributed by atoms with Crippen LogP contribution in [0.25, 0.3) is 10.1 Å². The predicted octanol–water partition coefficient (Wildman–Crippen LogP) is 4.01. The summed E-state index contributed by atoms with van der Waals surface area (Å²) in [4.78, 5) is 7.87. The molecule has 3 atom stereocenters. The summed E-state index contributed by atoms with van der Waals surface area (Å²) in [6, 6.07) is 21.6. The fraction of sp³-hybridized carbons (Fsp3) is 0.400. The largest absolute Gasteiger partial charge is 0.386 e. The average molecular weight is 437 g/mol. The van der Waals surface area contributed by atoms with Crippen LogP contribution in [-0.2, 0) is 6.54 Å². The fourth-order valence-corrected chi connectivity index (χ4v) is 5.38. The lowest BCUT2D eigenvalue weighted by atomic mass is 10.1. The highest BCUT2D eigenvalue weighted by Gasteiger charge is 2.28. The van der Waals surface area contributed by atoms with Gasteiger partial charge in [-0.15, -0.1) is 11.3 Å². The Balaban J connectivity index is 1.24. The van der Waals surface area contributed by atoms with E-state index in [4.69, 9.17) is 0 Å². The number of aliphatic imine (C=N–C) groups is 1. The minimum absolute atomic E-state index is 0.438. The Bertz CT molecular complexity index is 970. The van der Waals surface area contributed by atoms with Gasteiger partial charge in [0, 0.05) is 48.8 Å². The number of thiophene rings is 1. The zero-order valence-electron chi connectivity index (χ0n) is 18.3. The summed E-state index contributed by atoms with van der Waals surface area (Å²) in [6.07, 6.45) is 0.630. The number of fused-ring (bicyclic) bond motifs is 1. The van der Waals surface area contributed by atoms with Gasteiger partial charge in [-0.1, -0.05) is 48.5 Å². The van der Waals surface area contributed by atoms with Crippen molar-refractivity contribution in [3.63, 3.8) is 0 Å². The quantitative estimate of drug-likeness (QED) is 0.387. The summed E-state index contributed by atoms with van der Waals surface area (Å²) in [5.41, 5.74) is 1.37. The van der Waals surface area contributed by atoms with Gasteiger partial charge in [0.15, 0.2) is 5.96 Å². The summed E-state index contributed by atoms with van der Waals surface area (Å²) in [5, 5.41) is 18.5. The SMILES string of the molecule is CN=C(NCC1CC(C)N(Cc2ccccc2)C1)NCC(O)c1cc2ccccc2s1. The van der Waals surface area contributed by atoms with Gasteiger partial charge in [-0.2, -0.15) is 0 Å². The van der Waals surface area contributed by atoms with Crippen LogP contribution in [0.3, 0.4) is 0 Å². The van der Waals surface area contributed by atoms with Gasteiger partial charge in [0.05, 0.1) is 0 Å². The molecule has 31 heavy (non-hydrogen) atoms. The van der Waals surface area contributed by atoms with Crippen molar-refractivity contribution in [3.8, 4) is 0 Å². The molecule has 0 bridgehead atoms. The van der Waals surface area contributed by atoms with Crippen molar-refractivity contribution < 1.29 is 5.11 Å². The molecular formula is C25H32N4OS. The maximum atomic E-state index is 10.6. The first kappa shape index (κ1) is 21.8. The van der Waals surface area contributed by atoms with Crippen LogP contribution in [0.2, 0.25) is 0 Å². The molecule has 3 N–H and O–H groups in total. The van der Waals surface area contributed by atoms with Gasteiger partial charge in [-0.25, -0.2) is 0 Å². The third-order valence-electron chi connectivity index (χ3n) is 6.04. The number of benzene rings is 2. The Hall–Kier alpha value is -2.41. The van der Waals surface area contributed by atoms with Gasteiger partial charge in [-0.3, -0.25) is 9.89 Å². The first-order chi connectivity index (χ1) is 15.1. The van der Waals surface area contributed by atoms with Gasteiger partial charge in [-0.05, 0) is 42.3 Å². The maximum Gasteiger partial charge on any atom is 0.191 e. The lowest BCUT2D eigenvalue weighted by Crippen LogP contribution is -2.41. The topological polar surface area (TPSA) is 59.9 Å². The van der Waals surface area contributed by atoms with E-state index >= 15 is 0 Å². The number of aliphatic hydroxyl groups excluding tert-OH is 1. The summed E-state index contributed by atoms with van der Waals surface area (Å²) in [6.45, 7) is 5.73. The highest BCUT2D eigenvalue weighted by Crippen LogP contribution is 2.29. The lowest BCUT2D eigenvalue weighted by Gasteiger charge is -2.21. The molecule has 0 amide bonds. The molecule has 5 nitrogen and oxygen atoms in total. The fourth-order valence-electron chi connectivity index (χ4n) is 4.33. The molecule has 1 saturated heterocycles. The van der Waals surface area contributed by atoms with E-state index in [-0.39, 0.29) is 0 Å². The number of hydrogen-bond acceptors (Lipinski definition) is 4. The smallest absolute Gasteiger partial charge is 0.191 e. The molecule has 6 heteroatoms. The Kier molecular flexibility index (Phi) is 7.22. The van der Waals surface area contributed by atoms with E-state index in [1.807, 2.05) is 12.1 Å². The second-order valence-corrected chi connectivity index (χ2v) is 9.52. The first-order valence-electron chi connectivity index (χ1n) is 11.0. The van der Waals surface area contributed by atoms with Crippen molar-refractivity contribution in [1.29, 1.82) is 0 Å². The minimum Gasteiger partial charge on any atom is -0.386 e. The molecule has 3 aromatic rings. The molecule has 3 unspecified atom stereocenters. The van der Waals surface area contributed by atoms with Crippen LogP contribution in [-0.4, -0.2) is 48.7 Å². The van der Waals surface area contributed by atoms with Crippen LogP contribution in [0.15, 0.2) is 65.7 Å². The zero-order valence-corrected chi connectivity index (χ0v) is 19.1. The van der Waals surface area contributed by atoms with Gasteiger partial charge in [0.2, 0.25) is 0 Å². The predicted molar refractivity (Wildman–Crippen MR) is 131 cm³/mol. The van der Waals surface area contributed by atoms with Gasteiger partial charge in [0.25, 0.3) is 0 Å². The van der Waals surface area contributed by atoms with E-state index < -0.39 is 6.10 Å². The summed E-state index contributed by atoms with van der Waals surface area (Å²) < 4.78 is 1.20. The normalized spacial score (nSPS) is 20.8. The number of guanidine groups is 1. The first-order valence-corrected chi connectivity index (χ1v) is 11.8. The van der Waals surface area contributed by atoms with Crippen LogP contribution in [0.4, 0.5) is 0 Å². The molecule has 0 spiro atoms. The summed E-state index contributed by atoms with van der Waals surface area (Å²) >= 11 is 1.64. The third kappa shape index (κ3) is 5.64. The standard InChI is InChI=1S/C25H32N4OS/c1-18-12-20(17-29(18)16-19-8-4-3-5-9-19)14-27-25(26-2)28-15-22(30)24-13-21-10-6-7-11-23(21)31-24/h3-11,13,18,20,22,30H,12,14-17H2,1-2H3,(H2,26,27,28). The molecule has 1 aliphatic rings. The molecule has 4 rings (SSSR count). The number of likely N-dealkylation sites (tertiary alicyclic amines) is 1. The van der Waals surface area contributed by atoms with Crippen LogP contribution in [0.5, 0.6) is 0 Å². The van der Waals surface area contributed by atoms with Crippen molar-refractivity contribution >= 4 is 27.4 Å². The summed E-state index contributed by atoms with van der Waals surface area (Å²) in [5.74, 6) is 1.33. The molecular weight excluding hydrogens is 404 g/mol. The van der Waals surface area contributed by atoms with Crippen molar-refractivity contribution in [2.45, 2.75) is 32.0 Å². The van der Waals surface area contributed by atoms with E-state index in [1.165, 1.54) is 22.1 Å². The van der Waals surface area contributed by atoms with Crippen molar-refractivity contribution in [2.75, 3.05) is 26.7 Å². The Labute approximate surface area is 188 Å². The Morgan fingerprint density at radius 2 is 1.94 bits per heavy atom. The molecule has 164 valence electrons. The molecule has 2 aromatic carbocycles. The molecule has 0 aliphatic carbocycles. The second kappa shape index (κ2) is 10.3. The highest BCUT2D eigenvalue weighted by atomic mass is 32.1. The third-order valence-corrected chi connectivity index (χ3v) is 7.25. The molecule has 0 saturated carbocycles. The van der Waals surface area contributed by atoms with E-state index in [1.54, 1.807) is 18.4 Å². The number of hydrogen-bond donors (Lipinski definition) is 3. The Morgan fingerprint density at radius 3 is 2.71 bits per heavy atom. The van der Waals surface area contributed by atoms with E-state index in [9.17, 15) is 5.11 Å². The Morgan fingerprint density at radius 1 is 1.16 bits per heavy atom. The number of aliphatic hydroxyl groups is 1. The van der Waals surface area contributed by atoms with Gasteiger partial charge >= 0.3 is 0 Å². The number of rotatable bonds is 7. The minimum atomic E-state index is -0.552. The molecule has 1 fully saturated rings. The van der Waals surface area contributed by atoms with Crippen molar-refractivity contribution in [1.82, 2.24) is 15.5 Å². The molecule has 2 heterocycles. The van der Waals surface area contributed by atoms with Gasteiger partial charge in [0.1, 0.15) is 6.10 Å². The molecule has 0 radical (unpaired) electrons. The van der Waals surface area contributed by atoms with Crippen LogP contribution < -0.4 is 10.6 Å². The monoisotopic (exact) mass is 436 g/mol. The molecule has 1 aliphatic heterocycles. The van der Waals surface area contributed by atoms with E-state index in [0.717, 1.165) is 30.5 Å². The van der Waals surface area contributed by atoms with Crippen molar-refractivity contribution in [3.05, 3.63) is 71.1 Å². The van der Waals surface area contributed by atoms with Crippen LogP contribution >= 0.6 is 11.3 Å².